The van der Waals surface area contributed by atoms with Crippen LogP contribution in [0.5, 0.6) is 5.75 Å². The Bertz CT molecular complexity index is 1400. The second-order valence-electron chi connectivity index (χ2n) is 7.95. The van der Waals surface area contributed by atoms with Crippen LogP contribution in [0.15, 0.2) is 89.7 Å². The van der Waals surface area contributed by atoms with Gasteiger partial charge in [0.2, 0.25) is 5.75 Å². The van der Waals surface area contributed by atoms with Crippen molar-refractivity contribution in [1.82, 2.24) is 14.9 Å². The molecule has 7 heteroatoms. The van der Waals surface area contributed by atoms with Crippen LogP contribution in [0.4, 0.5) is 0 Å². The predicted octanol–water partition coefficient (Wildman–Crippen LogP) is 4.04. The van der Waals surface area contributed by atoms with Gasteiger partial charge in [0.25, 0.3) is 11.5 Å². The second-order valence-corrected chi connectivity index (χ2v) is 7.95. The summed E-state index contributed by atoms with van der Waals surface area (Å²) < 4.78 is 6.99. The molecule has 0 atom stereocenters. The molecular formula is C28H25N3O4. The number of carbonyl (C=O) groups excluding carboxylic acids is 2. The molecule has 0 unspecified atom stereocenters. The van der Waals surface area contributed by atoms with Gasteiger partial charge >= 0.3 is 0 Å². The van der Waals surface area contributed by atoms with Gasteiger partial charge in [0.15, 0.2) is 11.5 Å². The van der Waals surface area contributed by atoms with Gasteiger partial charge in [0, 0.05) is 12.6 Å². The highest BCUT2D eigenvalue weighted by molar-refractivity contribution is 5.97. The summed E-state index contributed by atoms with van der Waals surface area (Å²) in [7, 11) is 1.45. The molecule has 3 aromatic carbocycles. The summed E-state index contributed by atoms with van der Waals surface area (Å²) in [4.78, 5) is 43.0. The van der Waals surface area contributed by atoms with Crippen molar-refractivity contribution in [3.63, 3.8) is 0 Å². The number of ether oxygens (including phenoxy) is 1. The Morgan fingerprint density at radius 3 is 2.11 bits per heavy atom. The molecule has 4 aromatic rings. The minimum atomic E-state index is -0.582. The van der Waals surface area contributed by atoms with Crippen molar-refractivity contribution >= 4 is 11.7 Å². The second kappa shape index (κ2) is 10.6. The number of rotatable bonds is 8. The normalized spacial score (nSPS) is 10.6. The molecule has 0 aliphatic heterocycles. The van der Waals surface area contributed by atoms with Crippen molar-refractivity contribution in [2.45, 2.75) is 20.1 Å². The first-order chi connectivity index (χ1) is 17.0. The van der Waals surface area contributed by atoms with Gasteiger partial charge in [-0.2, -0.15) is 0 Å². The quantitative estimate of drug-likeness (QED) is 0.395. The number of aromatic nitrogens is 2. The van der Waals surface area contributed by atoms with Crippen LogP contribution in [0.3, 0.4) is 0 Å². The minimum absolute atomic E-state index is 0.0830. The number of hydrogen-bond acceptors (Lipinski definition) is 5. The average molecular weight is 468 g/mol. The zero-order valence-electron chi connectivity index (χ0n) is 19.5. The molecule has 0 saturated carbocycles. The van der Waals surface area contributed by atoms with Crippen LogP contribution in [0, 0.1) is 6.92 Å². The first kappa shape index (κ1) is 23.6. The van der Waals surface area contributed by atoms with Gasteiger partial charge in [-0.15, -0.1) is 0 Å². The Kier molecular flexibility index (Phi) is 7.16. The van der Waals surface area contributed by atoms with E-state index in [1.807, 2.05) is 72.8 Å². The number of nitrogens with zero attached hydrogens (tertiary/aromatic N) is 2. The van der Waals surface area contributed by atoms with Crippen LogP contribution in [-0.2, 0) is 13.2 Å². The van der Waals surface area contributed by atoms with E-state index in [0.717, 1.165) is 16.7 Å². The summed E-state index contributed by atoms with van der Waals surface area (Å²) in [6.07, 6.45) is 0. The fourth-order valence-electron chi connectivity index (χ4n) is 3.68. The van der Waals surface area contributed by atoms with Gasteiger partial charge in [0.1, 0.15) is 12.4 Å². The number of hydrogen-bond donors (Lipinski definition) is 1. The summed E-state index contributed by atoms with van der Waals surface area (Å²) in [6, 6.07) is 26.4. The predicted molar refractivity (Wildman–Crippen MR) is 134 cm³/mol. The molecule has 0 fully saturated rings. The van der Waals surface area contributed by atoms with Crippen LogP contribution in [-0.4, -0.2) is 28.3 Å². The van der Waals surface area contributed by atoms with Crippen LogP contribution in [0.2, 0.25) is 0 Å². The van der Waals surface area contributed by atoms with E-state index in [0.29, 0.717) is 5.56 Å². The van der Waals surface area contributed by atoms with Crippen LogP contribution in [0.1, 0.15) is 32.2 Å². The Hall–Kier alpha value is -4.52. The van der Waals surface area contributed by atoms with Crippen molar-refractivity contribution < 1.29 is 14.3 Å². The average Bonchev–Trinajstić information content (AvgIpc) is 2.91. The lowest BCUT2D eigenvalue weighted by Gasteiger charge is -2.15. The van der Waals surface area contributed by atoms with E-state index in [2.05, 4.69) is 10.3 Å². The third-order valence-corrected chi connectivity index (χ3v) is 5.60. The van der Waals surface area contributed by atoms with Gasteiger partial charge in [0.05, 0.1) is 6.54 Å². The molecule has 35 heavy (non-hydrogen) atoms. The molecule has 7 nitrogen and oxygen atoms in total. The fourth-order valence-corrected chi connectivity index (χ4v) is 3.68. The van der Waals surface area contributed by atoms with Gasteiger partial charge in [-0.3, -0.25) is 19.0 Å². The highest BCUT2D eigenvalue weighted by Gasteiger charge is 2.22. The zero-order valence-corrected chi connectivity index (χ0v) is 19.5. The summed E-state index contributed by atoms with van der Waals surface area (Å²) >= 11 is 0. The van der Waals surface area contributed by atoms with E-state index >= 15 is 0 Å². The molecule has 0 aliphatic carbocycles. The van der Waals surface area contributed by atoms with Crippen molar-refractivity contribution in [2.24, 2.45) is 0 Å². The molecule has 0 radical (unpaired) electrons. The maximum absolute atomic E-state index is 13.3. The standard InChI is InChI=1S/C28H25N3O4/c1-19-30-25(27(33)29-2)26(35-18-20-9-5-3-6-10-20)28(34)31(19)17-24(32)23-15-13-22(14-16-23)21-11-7-4-8-12-21/h3-16H,17-18H2,1-2H3,(H,29,33). The lowest BCUT2D eigenvalue weighted by molar-refractivity contribution is 0.0951. The molecule has 1 heterocycles. The summed E-state index contributed by atoms with van der Waals surface area (Å²) in [5, 5.41) is 2.48. The molecule has 4 rings (SSSR count). The minimum Gasteiger partial charge on any atom is -0.481 e. The van der Waals surface area contributed by atoms with Gasteiger partial charge in [-0.25, -0.2) is 4.98 Å². The molecule has 1 aromatic heterocycles. The van der Waals surface area contributed by atoms with E-state index < -0.39 is 11.5 Å². The Labute approximate surface area is 203 Å². The van der Waals surface area contributed by atoms with Crippen LogP contribution < -0.4 is 15.6 Å². The first-order valence-electron chi connectivity index (χ1n) is 11.2. The largest absolute Gasteiger partial charge is 0.481 e. The van der Waals surface area contributed by atoms with Crippen LogP contribution >= 0.6 is 0 Å². The topological polar surface area (TPSA) is 90.3 Å². The third-order valence-electron chi connectivity index (χ3n) is 5.60. The molecule has 0 bridgehead atoms. The number of benzene rings is 3. The van der Waals surface area contributed by atoms with E-state index in [4.69, 9.17) is 4.74 Å². The summed E-state index contributed by atoms with van der Waals surface area (Å²) in [6.45, 7) is 1.44. The lowest BCUT2D eigenvalue weighted by atomic mass is 10.0. The van der Waals surface area contributed by atoms with E-state index in [1.165, 1.54) is 11.6 Å². The Balaban J connectivity index is 1.62. The molecular weight excluding hydrogens is 442 g/mol. The summed E-state index contributed by atoms with van der Waals surface area (Å²) in [5.41, 5.74) is 2.65. The molecule has 0 aliphatic rings. The number of amides is 1. The van der Waals surface area contributed by atoms with E-state index in [-0.39, 0.29) is 36.2 Å². The monoisotopic (exact) mass is 467 g/mol. The molecule has 1 amide bonds. The van der Waals surface area contributed by atoms with Gasteiger partial charge < -0.3 is 10.1 Å². The molecule has 0 saturated heterocycles. The van der Waals surface area contributed by atoms with E-state index in [9.17, 15) is 14.4 Å². The van der Waals surface area contributed by atoms with Crippen molar-refractivity contribution in [3.8, 4) is 16.9 Å². The molecule has 0 spiro atoms. The highest BCUT2D eigenvalue weighted by Crippen LogP contribution is 2.20. The fraction of sp³-hybridized carbons (Fsp3) is 0.143. The van der Waals surface area contributed by atoms with Crippen molar-refractivity contribution in [3.05, 3.63) is 118 Å². The van der Waals surface area contributed by atoms with Gasteiger partial charge in [-0.1, -0.05) is 84.9 Å². The highest BCUT2D eigenvalue weighted by atomic mass is 16.5. The maximum atomic E-state index is 13.3. The zero-order chi connectivity index (χ0) is 24.8. The first-order valence-corrected chi connectivity index (χ1v) is 11.2. The lowest BCUT2D eigenvalue weighted by Crippen LogP contribution is -2.33. The third kappa shape index (κ3) is 5.35. The Morgan fingerprint density at radius 1 is 0.886 bits per heavy atom. The number of nitrogens with one attached hydrogen (secondary N) is 1. The number of carbonyl (C=O) groups is 2. The number of aryl methyl sites for hydroxylation is 1. The van der Waals surface area contributed by atoms with Crippen molar-refractivity contribution in [2.75, 3.05) is 7.05 Å². The molecule has 1 N–H and O–H groups in total. The van der Waals surface area contributed by atoms with Gasteiger partial charge in [-0.05, 0) is 23.6 Å². The molecule has 176 valence electrons. The van der Waals surface area contributed by atoms with Crippen LogP contribution in [0.25, 0.3) is 11.1 Å². The van der Waals surface area contributed by atoms with E-state index in [1.54, 1.807) is 19.1 Å². The Morgan fingerprint density at radius 2 is 1.49 bits per heavy atom. The smallest absolute Gasteiger partial charge is 0.297 e. The number of Topliss-reactive ketones (excluding diaryl/α,β-unsaturated/α-hetero) is 1. The number of ketones is 1. The summed E-state index contributed by atoms with van der Waals surface area (Å²) in [5.74, 6) is -0.734. The van der Waals surface area contributed by atoms with Crippen molar-refractivity contribution in [1.29, 1.82) is 0 Å². The SMILES string of the molecule is CNC(=O)c1nc(C)n(CC(=O)c2ccc(-c3ccccc3)cc2)c(=O)c1OCc1ccccc1. The maximum Gasteiger partial charge on any atom is 0.297 e.